The summed E-state index contributed by atoms with van der Waals surface area (Å²) in [5, 5.41) is 9.88. The number of aromatic nitrogens is 4. The van der Waals surface area contributed by atoms with E-state index < -0.39 is 0 Å². The molecule has 0 fully saturated rings. The molecule has 0 spiro atoms. The van der Waals surface area contributed by atoms with E-state index in [-0.39, 0.29) is 0 Å². The first kappa shape index (κ1) is 38.0. The quantitative estimate of drug-likeness (QED) is 0.172. The molecule has 4 nitrogen and oxygen atoms in total. The third-order valence-electron chi connectivity index (χ3n) is 14.2. The highest BCUT2D eigenvalue weighted by atomic mass is 32.1. The van der Waals surface area contributed by atoms with Gasteiger partial charge < -0.3 is 4.57 Å². The van der Waals surface area contributed by atoms with Crippen molar-refractivity contribution in [2.75, 3.05) is 0 Å². The fraction of sp³-hybridized carbons (Fsp3) is 0.0323. The highest BCUT2D eigenvalue weighted by Crippen LogP contribution is 2.49. The van der Waals surface area contributed by atoms with Crippen LogP contribution in [-0.4, -0.2) is 19.1 Å². The maximum absolute atomic E-state index is 5.58. The number of fused-ring (bicyclic) bond motifs is 14. The van der Waals surface area contributed by atoms with E-state index in [0.717, 1.165) is 45.4 Å². The van der Waals surface area contributed by atoms with Crippen LogP contribution in [0.15, 0.2) is 200 Å². The van der Waals surface area contributed by atoms with Gasteiger partial charge in [0, 0.05) is 63.2 Å². The minimum absolute atomic E-state index is 0.708. The van der Waals surface area contributed by atoms with Gasteiger partial charge in [-0.2, -0.15) is 0 Å². The zero-order valence-electron chi connectivity index (χ0n) is 36.6. The molecule has 6 heteroatoms. The molecule has 15 rings (SSSR count). The molecule has 14 aromatic rings. The zero-order valence-corrected chi connectivity index (χ0v) is 38.3. The Balaban J connectivity index is 0.990. The first-order valence-corrected chi connectivity index (χ1v) is 24.9. The van der Waals surface area contributed by atoms with Crippen molar-refractivity contribution in [1.82, 2.24) is 19.1 Å². The lowest BCUT2D eigenvalue weighted by atomic mass is 9.95. The summed E-state index contributed by atoms with van der Waals surface area (Å²) in [6, 6.07) is 71.1. The Morgan fingerprint density at radius 3 is 1.99 bits per heavy atom. The first-order valence-electron chi connectivity index (χ1n) is 23.3. The molecule has 0 saturated carbocycles. The van der Waals surface area contributed by atoms with E-state index >= 15 is 0 Å². The molecule has 0 amide bonds. The van der Waals surface area contributed by atoms with Gasteiger partial charge in [0.1, 0.15) is 0 Å². The summed E-state index contributed by atoms with van der Waals surface area (Å²) in [7, 11) is 0. The molecule has 9 aromatic carbocycles. The molecule has 1 aliphatic rings. The zero-order chi connectivity index (χ0) is 44.5. The van der Waals surface area contributed by atoms with E-state index in [1.807, 2.05) is 11.3 Å². The van der Waals surface area contributed by atoms with Gasteiger partial charge in [-0.3, -0.25) is 4.57 Å². The summed E-state index contributed by atoms with van der Waals surface area (Å²) in [6.45, 7) is 0. The second-order valence-corrected chi connectivity index (χ2v) is 20.1. The lowest BCUT2D eigenvalue weighted by molar-refractivity contribution is 0.931. The molecule has 0 bridgehead atoms. The molecule has 68 heavy (non-hydrogen) atoms. The Kier molecular flexibility index (Phi) is 8.20. The van der Waals surface area contributed by atoms with Gasteiger partial charge in [-0.05, 0) is 100 Å². The van der Waals surface area contributed by atoms with Crippen LogP contribution in [0.3, 0.4) is 0 Å². The number of benzene rings is 9. The van der Waals surface area contributed by atoms with Crippen LogP contribution in [0, 0.1) is 0 Å². The van der Waals surface area contributed by atoms with Crippen molar-refractivity contribution in [2.45, 2.75) is 12.8 Å². The average molecular weight is 903 g/mol. The average Bonchev–Trinajstić information content (AvgIpc) is 4.16. The van der Waals surface area contributed by atoms with E-state index in [1.54, 1.807) is 11.3 Å². The Labute approximate surface area is 398 Å². The maximum Gasteiger partial charge on any atom is 0.235 e. The van der Waals surface area contributed by atoms with Crippen molar-refractivity contribution >= 4 is 113 Å². The minimum atomic E-state index is 0.708. The molecular formula is C62H38N4S2. The third-order valence-corrected chi connectivity index (χ3v) is 16.6. The van der Waals surface area contributed by atoms with Crippen LogP contribution in [0.1, 0.15) is 17.7 Å². The highest BCUT2D eigenvalue weighted by molar-refractivity contribution is 7.26. The maximum atomic E-state index is 5.58. The number of rotatable bonds is 5. The van der Waals surface area contributed by atoms with E-state index in [9.17, 15) is 0 Å². The summed E-state index contributed by atoms with van der Waals surface area (Å²) < 4.78 is 9.73. The van der Waals surface area contributed by atoms with Gasteiger partial charge in [0.25, 0.3) is 0 Å². The molecule has 0 radical (unpaired) electrons. The number of para-hydroxylation sites is 1. The molecule has 5 aromatic heterocycles. The normalized spacial score (nSPS) is 12.8. The monoisotopic (exact) mass is 902 g/mol. The van der Waals surface area contributed by atoms with Crippen LogP contribution in [0.2, 0.25) is 0 Å². The standard InChI is InChI=1S/C62H38N4S2/c1-3-15-37(16-4-1)39-27-28-41-34-43(31-29-40(41)33-39)65-51-23-11-7-19-44(51)46-32-30-42(35-53(46)65)49-36-50-45-20-8-12-24-52(45)66(59(50)56-47-21-9-13-25-54(47)67-60(49)56)62-63-57(38-17-5-2-6-18-38)61-58(64-62)48-22-10-14-26-55(48)68-61/h1-7,9-19,21-36H,8,20H2. The predicted octanol–water partition coefficient (Wildman–Crippen LogP) is 17.4. The van der Waals surface area contributed by atoms with Gasteiger partial charge in [-0.25, -0.2) is 9.97 Å². The number of nitrogens with zero attached hydrogens (tertiary/aromatic N) is 4. The molecule has 0 unspecified atom stereocenters. The van der Waals surface area contributed by atoms with Gasteiger partial charge >= 0.3 is 0 Å². The Morgan fingerprint density at radius 2 is 1.13 bits per heavy atom. The molecule has 0 atom stereocenters. The predicted molar refractivity (Wildman–Crippen MR) is 290 cm³/mol. The lowest BCUT2D eigenvalue weighted by Crippen LogP contribution is -2.06. The first-order chi connectivity index (χ1) is 33.7. The van der Waals surface area contributed by atoms with Gasteiger partial charge in [-0.1, -0.05) is 152 Å². The highest BCUT2D eigenvalue weighted by Gasteiger charge is 2.28. The number of thiophene rings is 2. The Hall–Kier alpha value is -8.16. The summed E-state index contributed by atoms with van der Waals surface area (Å²) in [4.78, 5) is 11.1. The molecule has 5 heterocycles. The third kappa shape index (κ3) is 5.59. The SMILES string of the molecule is C1=Cc2c(c3cc(-c4ccc5c6ccccc6n(-c6ccc7cc(-c8ccccc8)ccc7c6)c5c4)c4sc5ccccc5c4c3n2-c2nc(-c3ccccc3)c3sc4ccccc4c3n2)CC1. The molecule has 0 saturated heterocycles. The molecular weight excluding hydrogens is 865 g/mol. The Morgan fingerprint density at radius 1 is 0.456 bits per heavy atom. The van der Waals surface area contributed by atoms with Crippen molar-refractivity contribution in [2.24, 2.45) is 0 Å². The van der Waals surface area contributed by atoms with Gasteiger partial charge in [0.15, 0.2) is 0 Å². The van der Waals surface area contributed by atoms with Crippen molar-refractivity contribution < 1.29 is 0 Å². The number of allylic oxidation sites excluding steroid dienone is 1. The van der Waals surface area contributed by atoms with Gasteiger partial charge in [0.2, 0.25) is 5.95 Å². The summed E-state index contributed by atoms with van der Waals surface area (Å²) >= 11 is 3.67. The van der Waals surface area contributed by atoms with E-state index in [0.29, 0.717) is 5.95 Å². The Bertz CT molecular complexity index is 4430. The summed E-state index contributed by atoms with van der Waals surface area (Å²) in [5.41, 5.74) is 15.2. The van der Waals surface area contributed by atoms with E-state index in [4.69, 9.17) is 9.97 Å². The second kappa shape index (κ2) is 14.7. The largest absolute Gasteiger partial charge is 0.309 e. The van der Waals surface area contributed by atoms with Crippen molar-refractivity contribution in [3.63, 3.8) is 0 Å². The molecule has 318 valence electrons. The smallest absolute Gasteiger partial charge is 0.235 e. The molecule has 0 aliphatic heterocycles. The number of hydrogen-bond acceptors (Lipinski definition) is 4. The second-order valence-electron chi connectivity index (χ2n) is 18.0. The lowest BCUT2D eigenvalue weighted by Gasteiger charge is -2.13. The van der Waals surface area contributed by atoms with Gasteiger partial charge in [0.05, 0.1) is 38.2 Å². The van der Waals surface area contributed by atoms with Crippen molar-refractivity contribution in [3.05, 3.63) is 211 Å². The van der Waals surface area contributed by atoms with Crippen molar-refractivity contribution in [3.8, 4) is 45.1 Å². The van der Waals surface area contributed by atoms with Crippen LogP contribution >= 0.6 is 22.7 Å². The summed E-state index contributed by atoms with van der Waals surface area (Å²) in [6.07, 6.45) is 6.57. The molecule has 1 aliphatic carbocycles. The van der Waals surface area contributed by atoms with E-state index in [2.05, 4.69) is 215 Å². The van der Waals surface area contributed by atoms with Gasteiger partial charge in [-0.15, -0.1) is 22.7 Å². The number of aryl methyl sites for hydroxylation is 1. The fourth-order valence-corrected chi connectivity index (χ4v) is 13.5. The van der Waals surface area contributed by atoms with E-state index in [1.165, 1.54) is 102 Å². The van der Waals surface area contributed by atoms with Crippen LogP contribution < -0.4 is 0 Å². The molecule has 0 N–H and O–H groups in total. The van der Waals surface area contributed by atoms with Crippen molar-refractivity contribution in [1.29, 1.82) is 0 Å². The van der Waals surface area contributed by atoms with Crippen LogP contribution in [0.5, 0.6) is 0 Å². The topological polar surface area (TPSA) is 35.6 Å². The van der Waals surface area contributed by atoms with Crippen LogP contribution in [-0.2, 0) is 6.42 Å². The summed E-state index contributed by atoms with van der Waals surface area (Å²) in [5.74, 6) is 0.708. The fourth-order valence-electron chi connectivity index (χ4n) is 11.1. The van der Waals surface area contributed by atoms with Crippen LogP contribution in [0.4, 0.5) is 0 Å². The van der Waals surface area contributed by atoms with Crippen LogP contribution in [0.25, 0.3) is 135 Å². The minimum Gasteiger partial charge on any atom is -0.309 e. The number of hydrogen-bond donors (Lipinski definition) is 0.